The second-order valence-electron chi connectivity index (χ2n) is 5.66. The van der Waals surface area contributed by atoms with Gasteiger partial charge >= 0.3 is 0 Å². The van der Waals surface area contributed by atoms with E-state index in [9.17, 15) is 0 Å². The van der Waals surface area contributed by atoms with Gasteiger partial charge < -0.3 is 5.73 Å². The first-order chi connectivity index (χ1) is 8.37. The third kappa shape index (κ3) is 2.85. The van der Waals surface area contributed by atoms with E-state index in [4.69, 9.17) is 17.3 Å². The molecule has 2 rings (SSSR count). The van der Waals surface area contributed by atoms with Crippen molar-refractivity contribution in [1.29, 1.82) is 0 Å². The van der Waals surface area contributed by atoms with E-state index < -0.39 is 0 Å². The number of aromatic nitrogens is 2. The topological polar surface area (TPSA) is 43.8 Å². The zero-order valence-corrected chi connectivity index (χ0v) is 11.7. The molecular weight excluding hydrogens is 246 g/mol. The van der Waals surface area contributed by atoms with Crippen LogP contribution >= 0.6 is 11.6 Å². The van der Waals surface area contributed by atoms with Gasteiger partial charge in [-0.1, -0.05) is 44.5 Å². The third-order valence-electron chi connectivity index (χ3n) is 2.58. The molecule has 0 aliphatic carbocycles. The number of anilines is 1. The molecule has 96 valence electrons. The number of nitrogens with zero attached hydrogens (tertiary/aromatic N) is 2. The maximum atomic E-state index is 6.16. The van der Waals surface area contributed by atoms with Gasteiger partial charge in [0, 0.05) is 6.07 Å². The Kier molecular flexibility index (Phi) is 3.35. The zero-order valence-electron chi connectivity index (χ0n) is 10.9. The molecule has 0 aliphatic rings. The fourth-order valence-corrected chi connectivity index (χ4v) is 2.11. The molecule has 0 spiro atoms. The Labute approximate surface area is 113 Å². The van der Waals surface area contributed by atoms with Gasteiger partial charge in [0.2, 0.25) is 0 Å². The van der Waals surface area contributed by atoms with Gasteiger partial charge in [-0.05, 0) is 24.0 Å². The van der Waals surface area contributed by atoms with Gasteiger partial charge in [-0.2, -0.15) is 5.10 Å². The normalized spacial score (nSPS) is 11.8. The summed E-state index contributed by atoms with van der Waals surface area (Å²) in [4.78, 5) is 0. The summed E-state index contributed by atoms with van der Waals surface area (Å²) in [5.74, 6) is 0.613. The van der Waals surface area contributed by atoms with Crippen molar-refractivity contribution in [2.75, 3.05) is 5.73 Å². The van der Waals surface area contributed by atoms with Crippen LogP contribution in [0.1, 0.15) is 26.5 Å². The number of hydrogen-bond donors (Lipinski definition) is 1. The fraction of sp³-hybridized carbons (Fsp3) is 0.357. The second kappa shape index (κ2) is 4.65. The van der Waals surface area contributed by atoms with Crippen molar-refractivity contribution in [3.05, 3.63) is 41.0 Å². The highest BCUT2D eigenvalue weighted by atomic mass is 35.5. The van der Waals surface area contributed by atoms with Gasteiger partial charge in [0.25, 0.3) is 0 Å². The van der Waals surface area contributed by atoms with Crippen LogP contribution in [0.5, 0.6) is 0 Å². The molecule has 0 aliphatic heterocycles. The van der Waals surface area contributed by atoms with Gasteiger partial charge in [0.05, 0.1) is 16.4 Å². The Morgan fingerprint density at radius 2 is 1.94 bits per heavy atom. The van der Waals surface area contributed by atoms with Crippen LogP contribution in [0.2, 0.25) is 5.02 Å². The third-order valence-corrected chi connectivity index (χ3v) is 2.90. The molecule has 0 amide bonds. The van der Waals surface area contributed by atoms with Crippen molar-refractivity contribution in [2.45, 2.75) is 27.2 Å². The molecule has 0 saturated carbocycles. The molecule has 0 saturated heterocycles. The molecule has 1 aromatic heterocycles. The highest BCUT2D eigenvalue weighted by Crippen LogP contribution is 2.25. The molecule has 0 unspecified atom stereocenters. The average Bonchev–Trinajstić information content (AvgIpc) is 2.57. The van der Waals surface area contributed by atoms with E-state index in [1.807, 2.05) is 30.3 Å². The van der Waals surface area contributed by atoms with E-state index in [0.717, 1.165) is 17.8 Å². The number of nitrogen functional groups attached to an aromatic ring is 1. The van der Waals surface area contributed by atoms with E-state index in [2.05, 4.69) is 25.9 Å². The number of para-hydroxylation sites is 1. The number of nitrogens with two attached hydrogens (primary N) is 1. The minimum absolute atomic E-state index is 0.187. The second-order valence-corrected chi connectivity index (χ2v) is 6.07. The largest absolute Gasteiger partial charge is 0.384 e. The molecule has 2 N–H and O–H groups in total. The highest BCUT2D eigenvalue weighted by Gasteiger charge is 2.16. The van der Waals surface area contributed by atoms with Crippen LogP contribution in [0.25, 0.3) is 5.69 Å². The lowest BCUT2D eigenvalue weighted by Crippen LogP contribution is -2.10. The van der Waals surface area contributed by atoms with Crippen LogP contribution in [0.4, 0.5) is 5.82 Å². The first-order valence-corrected chi connectivity index (χ1v) is 6.34. The van der Waals surface area contributed by atoms with Crippen molar-refractivity contribution < 1.29 is 0 Å². The summed E-state index contributed by atoms with van der Waals surface area (Å²) >= 11 is 6.16. The summed E-state index contributed by atoms with van der Waals surface area (Å²) in [7, 11) is 0. The Hall–Kier alpha value is -1.48. The van der Waals surface area contributed by atoms with E-state index in [-0.39, 0.29) is 5.41 Å². The van der Waals surface area contributed by atoms with Crippen molar-refractivity contribution in [2.24, 2.45) is 5.41 Å². The van der Waals surface area contributed by atoms with Crippen molar-refractivity contribution in [1.82, 2.24) is 9.78 Å². The van der Waals surface area contributed by atoms with Crippen molar-refractivity contribution in [3.8, 4) is 5.69 Å². The van der Waals surface area contributed by atoms with Crippen LogP contribution in [-0.2, 0) is 6.42 Å². The fourth-order valence-electron chi connectivity index (χ4n) is 1.89. The van der Waals surface area contributed by atoms with Crippen molar-refractivity contribution >= 4 is 17.4 Å². The van der Waals surface area contributed by atoms with Gasteiger partial charge in [0.1, 0.15) is 5.82 Å². The lowest BCUT2D eigenvalue weighted by atomic mass is 9.91. The summed E-state index contributed by atoms with van der Waals surface area (Å²) in [5, 5.41) is 5.18. The van der Waals surface area contributed by atoms with Gasteiger partial charge in [-0.3, -0.25) is 0 Å². The van der Waals surface area contributed by atoms with Crippen LogP contribution in [0, 0.1) is 5.41 Å². The number of hydrogen-bond acceptors (Lipinski definition) is 2. The van der Waals surface area contributed by atoms with Crippen LogP contribution in [0.15, 0.2) is 30.3 Å². The van der Waals surface area contributed by atoms with E-state index >= 15 is 0 Å². The Balaban J connectivity index is 2.39. The van der Waals surface area contributed by atoms with Crippen molar-refractivity contribution in [3.63, 3.8) is 0 Å². The summed E-state index contributed by atoms with van der Waals surface area (Å²) in [5.41, 5.74) is 7.99. The molecule has 0 atom stereocenters. The number of rotatable bonds is 2. The smallest absolute Gasteiger partial charge is 0.127 e. The molecule has 0 fully saturated rings. The lowest BCUT2D eigenvalue weighted by Gasteiger charge is -2.15. The maximum Gasteiger partial charge on any atom is 0.127 e. The standard InChI is InChI=1S/C14H18ClN3/c1-14(2,3)9-10-8-13(16)18(17-10)12-7-5-4-6-11(12)15/h4-8H,9,16H2,1-3H3. The Bertz CT molecular complexity index is 552. The number of halogens is 1. The quantitative estimate of drug-likeness (QED) is 0.898. The Morgan fingerprint density at radius 1 is 1.28 bits per heavy atom. The molecule has 0 radical (unpaired) electrons. The summed E-state index contributed by atoms with van der Waals surface area (Å²) in [6.45, 7) is 6.53. The zero-order chi connectivity index (χ0) is 13.3. The summed E-state index contributed by atoms with van der Waals surface area (Å²) < 4.78 is 1.70. The minimum Gasteiger partial charge on any atom is -0.384 e. The first-order valence-electron chi connectivity index (χ1n) is 5.96. The SMILES string of the molecule is CC(C)(C)Cc1cc(N)n(-c2ccccc2Cl)n1. The molecule has 0 bridgehead atoms. The maximum absolute atomic E-state index is 6.16. The number of benzene rings is 1. The van der Waals surface area contributed by atoms with Crippen LogP contribution in [-0.4, -0.2) is 9.78 Å². The first kappa shape index (κ1) is 13.0. The van der Waals surface area contributed by atoms with Crippen LogP contribution < -0.4 is 5.73 Å². The molecule has 2 aromatic rings. The van der Waals surface area contributed by atoms with Gasteiger partial charge in [0.15, 0.2) is 0 Å². The van der Waals surface area contributed by atoms with Gasteiger partial charge in [-0.15, -0.1) is 0 Å². The molecule has 4 heteroatoms. The molecular formula is C14H18ClN3. The highest BCUT2D eigenvalue weighted by molar-refractivity contribution is 6.32. The monoisotopic (exact) mass is 263 g/mol. The van der Waals surface area contributed by atoms with E-state index in [1.165, 1.54) is 0 Å². The average molecular weight is 264 g/mol. The summed E-state index contributed by atoms with van der Waals surface area (Å²) in [6.07, 6.45) is 0.884. The minimum atomic E-state index is 0.187. The lowest BCUT2D eigenvalue weighted by molar-refractivity contribution is 0.405. The van der Waals surface area contributed by atoms with Crippen LogP contribution in [0.3, 0.4) is 0 Å². The van der Waals surface area contributed by atoms with E-state index in [1.54, 1.807) is 4.68 Å². The molecule has 18 heavy (non-hydrogen) atoms. The molecule has 1 aromatic carbocycles. The van der Waals surface area contributed by atoms with E-state index in [0.29, 0.717) is 10.8 Å². The summed E-state index contributed by atoms with van der Waals surface area (Å²) in [6, 6.07) is 9.47. The predicted octanol–water partition coefficient (Wildman–Crippen LogP) is 3.70. The predicted molar refractivity (Wildman–Crippen MR) is 76.1 cm³/mol. The molecule has 3 nitrogen and oxygen atoms in total. The Morgan fingerprint density at radius 3 is 2.56 bits per heavy atom. The molecule has 1 heterocycles. The van der Waals surface area contributed by atoms with Gasteiger partial charge in [-0.25, -0.2) is 4.68 Å².